The van der Waals surface area contributed by atoms with Crippen LogP contribution in [0.1, 0.15) is 10.4 Å². The number of hydrogen-bond acceptors (Lipinski definition) is 3. The van der Waals surface area contributed by atoms with Crippen LogP contribution in [0.5, 0.6) is 0 Å². The summed E-state index contributed by atoms with van der Waals surface area (Å²) in [6, 6.07) is 9.28. The van der Waals surface area contributed by atoms with Crippen molar-refractivity contribution in [3.8, 4) is 0 Å². The topological polar surface area (TPSA) is 70.7 Å². The molecule has 0 aliphatic rings. The van der Waals surface area contributed by atoms with E-state index in [-0.39, 0.29) is 5.91 Å². The van der Waals surface area contributed by atoms with Gasteiger partial charge in [0.2, 0.25) is 5.95 Å². The van der Waals surface area contributed by atoms with E-state index in [0.29, 0.717) is 11.5 Å². The molecule has 0 aliphatic carbocycles. The zero-order valence-electron chi connectivity index (χ0n) is 9.72. The Hall–Kier alpha value is -2.21. The molecule has 5 nitrogen and oxygen atoms in total. The Kier molecular flexibility index (Phi) is 3.00. The zero-order valence-corrected chi connectivity index (χ0v) is 11.3. The monoisotopic (exact) mass is 316 g/mol. The molecule has 3 rings (SSSR count). The number of amides is 1. The number of imidazole rings is 1. The number of benzene rings is 1. The van der Waals surface area contributed by atoms with Crippen LogP contribution in [0.15, 0.2) is 47.2 Å². The Morgan fingerprint density at radius 2 is 2.11 bits per heavy atom. The second kappa shape index (κ2) is 4.81. The minimum absolute atomic E-state index is 0.257. The first-order valence-electron chi connectivity index (χ1n) is 5.59. The van der Waals surface area contributed by atoms with Crippen LogP contribution < -0.4 is 5.32 Å². The Morgan fingerprint density at radius 3 is 2.89 bits per heavy atom. The van der Waals surface area contributed by atoms with E-state index in [1.165, 1.54) is 6.20 Å². The van der Waals surface area contributed by atoms with Crippen LogP contribution in [-0.4, -0.2) is 20.9 Å². The number of pyridine rings is 1. The number of aromatic nitrogens is 3. The summed E-state index contributed by atoms with van der Waals surface area (Å²) < 4.78 is 0.754. The van der Waals surface area contributed by atoms with E-state index in [9.17, 15) is 4.79 Å². The van der Waals surface area contributed by atoms with Gasteiger partial charge in [-0.25, -0.2) is 4.98 Å². The van der Waals surface area contributed by atoms with Crippen molar-refractivity contribution < 1.29 is 4.79 Å². The average molecular weight is 317 g/mol. The molecule has 0 fully saturated rings. The number of aromatic amines is 1. The van der Waals surface area contributed by atoms with Gasteiger partial charge in [0.05, 0.1) is 16.6 Å². The van der Waals surface area contributed by atoms with E-state index in [2.05, 4.69) is 36.2 Å². The quantitative estimate of drug-likeness (QED) is 0.763. The van der Waals surface area contributed by atoms with Crippen molar-refractivity contribution in [3.05, 3.63) is 52.8 Å². The van der Waals surface area contributed by atoms with Crippen LogP contribution in [0.4, 0.5) is 5.95 Å². The molecule has 0 saturated heterocycles. The van der Waals surface area contributed by atoms with Crippen molar-refractivity contribution in [2.75, 3.05) is 5.32 Å². The molecule has 2 N–H and O–H groups in total. The maximum absolute atomic E-state index is 12.0. The number of anilines is 1. The lowest BCUT2D eigenvalue weighted by atomic mass is 10.3. The molecular formula is C13H9BrN4O. The van der Waals surface area contributed by atoms with Crippen molar-refractivity contribution >= 4 is 38.8 Å². The Morgan fingerprint density at radius 1 is 1.26 bits per heavy atom. The average Bonchev–Trinajstić information content (AvgIpc) is 2.80. The van der Waals surface area contributed by atoms with Crippen LogP contribution in [0, 0.1) is 0 Å². The summed E-state index contributed by atoms with van der Waals surface area (Å²) in [5.41, 5.74) is 2.16. The number of nitrogens with zero attached hydrogens (tertiary/aromatic N) is 2. The minimum atomic E-state index is -0.257. The molecule has 0 spiro atoms. The number of rotatable bonds is 2. The molecule has 0 bridgehead atoms. The maximum Gasteiger partial charge on any atom is 0.259 e. The molecule has 1 amide bonds. The Balaban J connectivity index is 1.86. The number of hydrogen-bond donors (Lipinski definition) is 2. The van der Waals surface area contributed by atoms with Gasteiger partial charge in [-0.15, -0.1) is 0 Å². The van der Waals surface area contributed by atoms with E-state index >= 15 is 0 Å². The van der Waals surface area contributed by atoms with Gasteiger partial charge >= 0.3 is 0 Å². The van der Waals surface area contributed by atoms with Crippen molar-refractivity contribution in [3.63, 3.8) is 0 Å². The van der Waals surface area contributed by atoms with Crippen molar-refractivity contribution in [1.82, 2.24) is 15.0 Å². The standard InChI is InChI=1S/C13H9BrN4O/c14-9-5-8(6-15-7-9)12(19)18-13-16-10-3-1-2-4-11(10)17-13/h1-7H,(H2,16,17,18,19). The Bertz CT molecular complexity index is 720. The second-order valence-corrected chi connectivity index (χ2v) is 4.86. The van der Waals surface area contributed by atoms with Gasteiger partial charge in [0.1, 0.15) is 0 Å². The van der Waals surface area contributed by atoms with Gasteiger partial charge in [0, 0.05) is 16.9 Å². The second-order valence-electron chi connectivity index (χ2n) is 3.95. The van der Waals surface area contributed by atoms with Crippen molar-refractivity contribution in [2.45, 2.75) is 0 Å². The zero-order chi connectivity index (χ0) is 13.2. The van der Waals surface area contributed by atoms with E-state index in [0.717, 1.165) is 15.5 Å². The van der Waals surface area contributed by atoms with Gasteiger partial charge in [-0.1, -0.05) is 12.1 Å². The largest absolute Gasteiger partial charge is 0.324 e. The third kappa shape index (κ3) is 2.48. The SMILES string of the molecule is O=C(Nc1nc2ccccc2[nH]1)c1cncc(Br)c1. The number of halogens is 1. The first-order chi connectivity index (χ1) is 9.22. The molecular weight excluding hydrogens is 308 g/mol. The van der Waals surface area contributed by atoms with Gasteiger partial charge in [0.25, 0.3) is 5.91 Å². The lowest BCUT2D eigenvalue weighted by molar-refractivity contribution is 0.102. The number of H-pyrrole nitrogens is 1. The first kappa shape index (κ1) is 11.9. The number of fused-ring (bicyclic) bond motifs is 1. The molecule has 2 aromatic heterocycles. The molecule has 1 aromatic carbocycles. The summed E-state index contributed by atoms with van der Waals surface area (Å²) >= 11 is 3.28. The van der Waals surface area contributed by atoms with E-state index in [1.54, 1.807) is 12.3 Å². The highest BCUT2D eigenvalue weighted by Crippen LogP contribution is 2.15. The maximum atomic E-state index is 12.0. The van der Waals surface area contributed by atoms with Crippen LogP contribution in [0.3, 0.4) is 0 Å². The summed E-state index contributed by atoms with van der Waals surface area (Å²) in [5, 5.41) is 2.71. The van der Waals surface area contributed by atoms with Gasteiger partial charge in [0.15, 0.2) is 0 Å². The number of para-hydroxylation sites is 2. The summed E-state index contributed by atoms with van der Waals surface area (Å²) in [6.07, 6.45) is 3.13. The fourth-order valence-corrected chi connectivity index (χ4v) is 2.09. The van der Waals surface area contributed by atoms with Crippen LogP contribution in [-0.2, 0) is 0 Å². The predicted molar refractivity (Wildman–Crippen MR) is 76.0 cm³/mol. The molecule has 0 atom stereocenters. The third-order valence-corrected chi connectivity index (χ3v) is 3.02. The van der Waals surface area contributed by atoms with Crippen LogP contribution in [0.2, 0.25) is 0 Å². The highest BCUT2D eigenvalue weighted by Gasteiger charge is 2.09. The summed E-state index contributed by atoms with van der Waals surface area (Å²) in [5.74, 6) is 0.166. The fourth-order valence-electron chi connectivity index (χ4n) is 1.73. The lowest BCUT2D eigenvalue weighted by Crippen LogP contribution is -2.13. The molecule has 19 heavy (non-hydrogen) atoms. The Labute approximate surface area is 117 Å². The molecule has 6 heteroatoms. The predicted octanol–water partition coefficient (Wildman–Crippen LogP) is 2.97. The van der Waals surface area contributed by atoms with Gasteiger partial charge in [-0.2, -0.15) is 0 Å². The smallest absolute Gasteiger partial charge is 0.259 e. The van der Waals surface area contributed by atoms with Crippen LogP contribution >= 0.6 is 15.9 Å². The molecule has 3 aromatic rings. The molecule has 0 saturated carbocycles. The van der Waals surface area contributed by atoms with Gasteiger partial charge in [-0.05, 0) is 34.1 Å². The van der Waals surface area contributed by atoms with E-state index in [1.807, 2.05) is 24.3 Å². The molecule has 0 aliphatic heterocycles. The molecule has 94 valence electrons. The lowest BCUT2D eigenvalue weighted by Gasteiger charge is -2.01. The fraction of sp³-hybridized carbons (Fsp3) is 0. The van der Waals surface area contributed by atoms with Crippen molar-refractivity contribution in [2.24, 2.45) is 0 Å². The molecule has 2 heterocycles. The summed E-state index contributed by atoms with van der Waals surface area (Å²) in [4.78, 5) is 23.3. The highest BCUT2D eigenvalue weighted by atomic mass is 79.9. The normalized spacial score (nSPS) is 10.6. The van der Waals surface area contributed by atoms with Gasteiger partial charge in [-0.3, -0.25) is 15.1 Å². The molecule has 0 radical (unpaired) electrons. The van der Waals surface area contributed by atoms with Crippen molar-refractivity contribution in [1.29, 1.82) is 0 Å². The van der Waals surface area contributed by atoms with Crippen LogP contribution in [0.25, 0.3) is 11.0 Å². The summed E-state index contributed by atoms with van der Waals surface area (Å²) in [7, 11) is 0. The number of carbonyl (C=O) groups excluding carboxylic acids is 1. The van der Waals surface area contributed by atoms with E-state index in [4.69, 9.17) is 0 Å². The highest BCUT2D eigenvalue weighted by molar-refractivity contribution is 9.10. The minimum Gasteiger partial charge on any atom is -0.324 e. The first-order valence-corrected chi connectivity index (χ1v) is 6.38. The number of carbonyl (C=O) groups is 1. The third-order valence-electron chi connectivity index (χ3n) is 2.59. The summed E-state index contributed by atoms with van der Waals surface area (Å²) in [6.45, 7) is 0. The number of nitrogens with one attached hydrogen (secondary N) is 2. The molecule has 0 unspecified atom stereocenters. The van der Waals surface area contributed by atoms with Gasteiger partial charge < -0.3 is 4.98 Å². The van der Waals surface area contributed by atoms with E-state index < -0.39 is 0 Å².